The van der Waals surface area contributed by atoms with E-state index in [0.29, 0.717) is 38.2 Å². The normalized spacial score (nSPS) is 21.1. The monoisotopic (exact) mass is 350 g/mol. The van der Waals surface area contributed by atoms with Crippen LogP contribution < -0.4 is 5.32 Å². The van der Waals surface area contributed by atoms with Crippen LogP contribution in [0.3, 0.4) is 0 Å². The summed E-state index contributed by atoms with van der Waals surface area (Å²) >= 11 is 0. The summed E-state index contributed by atoms with van der Waals surface area (Å²) in [6.45, 7) is 5.12. The summed E-state index contributed by atoms with van der Waals surface area (Å²) in [6.07, 6.45) is 2.14. The second kappa shape index (κ2) is 9.06. The number of methoxy groups -OCH3 is 1. The third-order valence-corrected chi connectivity index (χ3v) is 4.74. The number of ether oxygens (including phenoxy) is 1. The Morgan fingerprint density at radius 2 is 2.04 bits per heavy atom. The Bertz CT molecular complexity index is 591. The minimum atomic E-state index is -0.440. The first-order chi connectivity index (χ1) is 11.9. The van der Waals surface area contributed by atoms with Crippen molar-refractivity contribution in [2.45, 2.75) is 26.2 Å². The molecular weight excluding hydrogens is 323 g/mol. The summed E-state index contributed by atoms with van der Waals surface area (Å²) in [4.78, 5) is 26.8. The van der Waals surface area contributed by atoms with Crippen LogP contribution in [0, 0.1) is 11.2 Å². The number of halogens is 1. The van der Waals surface area contributed by atoms with Gasteiger partial charge in [0, 0.05) is 38.7 Å². The molecule has 1 aromatic rings. The SMILES string of the molecule is COCCNC(=O)C1(C)CCCN(CCC(=O)c2ccc(F)cc2)C1. The molecule has 0 aliphatic carbocycles. The molecule has 2 rings (SSSR count). The minimum absolute atomic E-state index is 0.00294. The van der Waals surface area contributed by atoms with Crippen LogP contribution in [-0.2, 0) is 9.53 Å². The molecule has 1 aromatic carbocycles. The third kappa shape index (κ3) is 5.61. The number of nitrogens with one attached hydrogen (secondary N) is 1. The van der Waals surface area contributed by atoms with Gasteiger partial charge in [-0.25, -0.2) is 4.39 Å². The Balaban J connectivity index is 1.85. The standard InChI is InChI=1S/C19H27FN2O3/c1-19(18(24)21-10-13-25-2)9-3-11-22(14-19)12-8-17(23)15-4-6-16(20)7-5-15/h4-7H,3,8-14H2,1-2H3,(H,21,24). The maximum Gasteiger partial charge on any atom is 0.227 e. The van der Waals surface area contributed by atoms with Gasteiger partial charge in [-0.2, -0.15) is 0 Å². The van der Waals surface area contributed by atoms with Crippen LogP contribution in [-0.4, -0.2) is 56.5 Å². The molecule has 5 nitrogen and oxygen atoms in total. The van der Waals surface area contributed by atoms with E-state index in [9.17, 15) is 14.0 Å². The average Bonchev–Trinajstić information content (AvgIpc) is 2.60. The lowest BCUT2D eigenvalue weighted by Gasteiger charge is -2.39. The van der Waals surface area contributed by atoms with Gasteiger partial charge in [-0.1, -0.05) is 0 Å². The first kappa shape index (κ1) is 19.5. The van der Waals surface area contributed by atoms with Gasteiger partial charge < -0.3 is 15.0 Å². The van der Waals surface area contributed by atoms with Crippen molar-refractivity contribution in [3.8, 4) is 0 Å². The minimum Gasteiger partial charge on any atom is -0.383 e. The molecule has 1 atom stereocenters. The van der Waals surface area contributed by atoms with E-state index in [2.05, 4.69) is 10.2 Å². The number of amides is 1. The molecule has 1 amide bonds. The quantitative estimate of drug-likeness (QED) is 0.577. The molecule has 1 aliphatic heterocycles. The van der Waals surface area contributed by atoms with Crippen molar-refractivity contribution in [2.75, 3.05) is 39.9 Å². The van der Waals surface area contributed by atoms with Crippen LogP contribution in [0.4, 0.5) is 4.39 Å². The smallest absolute Gasteiger partial charge is 0.227 e. The molecule has 25 heavy (non-hydrogen) atoms. The first-order valence-electron chi connectivity index (χ1n) is 8.73. The molecular formula is C19H27FN2O3. The van der Waals surface area contributed by atoms with Crippen LogP contribution in [0.5, 0.6) is 0 Å². The van der Waals surface area contributed by atoms with Gasteiger partial charge in [0.05, 0.1) is 12.0 Å². The van der Waals surface area contributed by atoms with Crippen LogP contribution in [0.25, 0.3) is 0 Å². The van der Waals surface area contributed by atoms with Crippen molar-refractivity contribution in [1.29, 1.82) is 0 Å². The Labute approximate surface area is 148 Å². The lowest BCUT2D eigenvalue weighted by molar-refractivity contribution is -0.133. The highest BCUT2D eigenvalue weighted by Gasteiger charge is 2.37. The van der Waals surface area contributed by atoms with Crippen molar-refractivity contribution in [1.82, 2.24) is 10.2 Å². The highest BCUT2D eigenvalue weighted by Crippen LogP contribution is 2.29. The summed E-state index contributed by atoms with van der Waals surface area (Å²) < 4.78 is 17.9. The molecule has 1 saturated heterocycles. The number of ketones is 1. The molecule has 6 heteroatoms. The zero-order valence-electron chi connectivity index (χ0n) is 15.0. The topological polar surface area (TPSA) is 58.6 Å². The van der Waals surface area contributed by atoms with E-state index >= 15 is 0 Å². The van der Waals surface area contributed by atoms with E-state index in [4.69, 9.17) is 4.74 Å². The highest BCUT2D eigenvalue weighted by atomic mass is 19.1. The fraction of sp³-hybridized carbons (Fsp3) is 0.579. The Morgan fingerprint density at radius 1 is 1.32 bits per heavy atom. The van der Waals surface area contributed by atoms with Crippen molar-refractivity contribution in [2.24, 2.45) is 5.41 Å². The van der Waals surface area contributed by atoms with Crippen LogP contribution in [0.1, 0.15) is 36.5 Å². The van der Waals surface area contributed by atoms with Gasteiger partial charge in [0.15, 0.2) is 5.78 Å². The van der Waals surface area contributed by atoms with Crippen LogP contribution in [0.2, 0.25) is 0 Å². The predicted octanol–water partition coefficient (Wildman–Crippen LogP) is 2.26. The van der Waals surface area contributed by atoms with Crippen LogP contribution in [0.15, 0.2) is 24.3 Å². The molecule has 0 saturated carbocycles. The van der Waals surface area contributed by atoms with Crippen molar-refractivity contribution < 1.29 is 18.7 Å². The number of carbonyl (C=O) groups is 2. The number of carbonyl (C=O) groups excluding carboxylic acids is 2. The summed E-state index contributed by atoms with van der Waals surface area (Å²) in [5.74, 6) is -0.307. The summed E-state index contributed by atoms with van der Waals surface area (Å²) in [6, 6.07) is 5.63. The third-order valence-electron chi connectivity index (χ3n) is 4.74. The Hall–Kier alpha value is -1.79. The van der Waals surface area contributed by atoms with E-state index in [1.54, 1.807) is 7.11 Å². The number of nitrogens with zero attached hydrogens (tertiary/aromatic N) is 1. The van der Waals surface area contributed by atoms with Crippen molar-refractivity contribution >= 4 is 11.7 Å². The molecule has 0 radical (unpaired) electrons. The fourth-order valence-corrected chi connectivity index (χ4v) is 3.24. The molecule has 1 unspecified atom stereocenters. The van der Waals surface area contributed by atoms with Crippen molar-refractivity contribution in [3.05, 3.63) is 35.6 Å². The zero-order chi connectivity index (χ0) is 18.3. The van der Waals surface area contributed by atoms with E-state index in [1.807, 2.05) is 6.92 Å². The summed E-state index contributed by atoms with van der Waals surface area (Å²) in [7, 11) is 1.61. The Kier molecular flexibility index (Phi) is 7.08. The van der Waals surface area contributed by atoms with Gasteiger partial charge in [-0.15, -0.1) is 0 Å². The number of benzene rings is 1. The molecule has 0 spiro atoms. The zero-order valence-corrected chi connectivity index (χ0v) is 15.0. The number of Topliss-reactive ketones (excluding diaryl/α,β-unsaturated/α-hetero) is 1. The number of rotatable bonds is 8. The van der Waals surface area contributed by atoms with Gasteiger partial charge in [-0.3, -0.25) is 9.59 Å². The molecule has 1 fully saturated rings. The second-order valence-electron chi connectivity index (χ2n) is 6.87. The number of hydrogen-bond donors (Lipinski definition) is 1. The predicted molar refractivity (Wildman–Crippen MR) is 94.0 cm³/mol. The molecule has 0 bridgehead atoms. The van der Waals surface area contributed by atoms with Gasteiger partial charge in [0.1, 0.15) is 5.82 Å². The van der Waals surface area contributed by atoms with Gasteiger partial charge in [0.2, 0.25) is 5.91 Å². The summed E-state index contributed by atoms with van der Waals surface area (Å²) in [5, 5.41) is 2.92. The van der Waals surface area contributed by atoms with E-state index < -0.39 is 5.41 Å². The fourth-order valence-electron chi connectivity index (χ4n) is 3.24. The summed E-state index contributed by atoms with van der Waals surface area (Å²) in [5.41, 5.74) is 0.0868. The maximum atomic E-state index is 12.9. The highest BCUT2D eigenvalue weighted by molar-refractivity contribution is 5.96. The first-order valence-corrected chi connectivity index (χ1v) is 8.73. The molecule has 1 N–H and O–H groups in total. The van der Waals surface area contributed by atoms with E-state index in [0.717, 1.165) is 19.4 Å². The number of hydrogen-bond acceptors (Lipinski definition) is 4. The van der Waals surface area contributed by atoms with E-state index in [-0.39, 0.29) is 17.5 Å². The average molecular weight is 350 g/mol. The lowest BCUT2D eigenvalue weighted by Crippen LogP contribution is -2.51. The lowest BCUT2D eigenvalue weighted by atomic mass is 9.81. The Morgan fingerprint density at radius 3 is 2.72 bits per heavy atom. The molecule has 1 aliphatic rings. The van der Waals surface area contributed by atoms with Gasteiger partial charge in [0.25, 0.3) is 0 Å². The van der Waals surface area contributed by atoms with Crippen LogP contribution >= 0.6 is 0 Å². The number of piperidine rings is 1. The molecule has 138 valence electrons. The van der Waals surface area contributed by atoms with Gasteiger partial charge in [-0.05, 0) is 50.6 Å². The largest absolute Gasteiger partial charge is 0.383 e. The van der Waals surface area contributed by atoms with Gasteiger partial charge >= 0.3 is 0 Å². The van der Waals surface area contributed by atoms with Crippen molar-refractivity contribution in [3.63, 3.8) is 0 Å². The van der Waals surface area contributed by atoms with E-state index in [1.165, 1.54) is 24.3 Å². The second-order valence-corrected chi connectivity index (χ2v) is 6.87. The molecule has 1 heterocycles. The number of likely N-dealkylation sites (tertiary alicyclic amines) is 1. The molecule has 0 aromatic heterocycles. The maximum absolute atomic E-state index is 12.9.